The molecule has 0 spiro atoms. The maximum Gasteiger partial charge on any atom is 0.0198 e. The molecule has 1 heterocycles. The average Bonchev–Trinajstić information content (AvgIpc) is 3.27. The molecular formula is C19H36N2. The van der Waals surface area contributed by atoms with Crippen molar-refractivity contribution >= 4 is 0 Å². The van der Waals surface area contributed by atoms with Gasteiger partial charge in [-0.3, -0.25) is 4.90 Å². The number of likely N-dealkylation sites (tertiary alicyclic amines) is 1. The monoisotopic (exact) mass is 292 g/mol. The zero-order valence-electron chi connectivity index (χ0n) is 14.3. The summed E-state index contributed by atoms with van der Waals surface area (Å²) in [5.41, 5.74) is 0. The van der Waals surface area contributed by atoms with Crippen LogP contribution >= 0.6 is 0 Å². The Hall–Kier alpha value is -0.0800. The summed E-state index contributed by atoms with van der Waals surface area (Å²) >= 11 is 0. The lowest BCUT2D eigenvalue weighted by Crippen LogP contribution is -2.53. The van der Waals surface area contributed by atoms with E-state index in [9.17, 15) is 0 Å². The lowest BCUT2D eigenvalue weighted by atomic mass is 9.84. The lowest BCUT2D eigenvalue weighted by Gasteiger charge is -2.42. The summed E-state index contributed by atoms with van der Waals surface area (Å²) in [6.07, 6.45) is 13.0. The third kappa shape index (κ3) is 4.45. The van der Waals surface area contributed by atoms with Crippen molar-refractivity contribution in [2.45, 2.75) is 83.7 Å². The molecule has 1 aliphatic heterocycles. The minimum Gasteiger partial charge on any atom is -0.312 e. The van der Waals surface area contributed by atoms with Crippen LogP contribution in [0.4, 0.5) is 0 Å². The molecule has 2 aliphatic carbocycles. The fourth-order valence-electron chi connectivity index (χ4n) is 4.33. The van der Waals surface area contributed by atoms with Crippen molar-refractivity contribution in [3.63, 3.8) is 0 Å². The third-order valence-electron chi connectivity index (χ3n) is 6.33. The van der Waals surface area contributed by atoms with Gasteiger partial charge in [0.15, 0.2) is 0 Å². The van der Waals surface area contributed by atoms with Crippen molar-refractivity contribution in [3.8, 4) is 0 Å². The van der Waals surface area contributed by atoms with Gasteiger partial charge in [-0.15, -0.1) is 0 Å². The average molecular weight is 293 g/mol. The summed E-state index contributed by atoms with van der Waals surface area (Å²) in [4.78, 5) is 2.83. The minimum absolute atomic E-state index is 0.766. The van der Waals surface area contributed by atoms with E-state index in [0.717, 1.165) is 29.8 Å². The van der Waals surface area contributed by atoms with E-state index in [2.05, 4.69) is 24.1 Å². The Morgan fingerprint density at radius 3 is 2.52 bits per heavy atom. The highest BCUT2D eigenvalue weighted by atomic mass is 15.2. The smallest absolute Gasteiger partial charge is 0.0198 e. The quantitative estimate of drug-likeness (QED) is 0.726. The van der Waals surface area contributed by atoms with Crippen LogP contribution in [-0.4, -0.2) is 36.6 Å². The van der Waals surface area contributed by atoms with E-state index >= 15 is 0 Å². The van der Waals surface area contributed by atoms with E-state index in [4.69, 9.17) is 0 Å². The molecule has 1 saturated heterocycles. The maximum absolute atomic E-state index is 3.93. The lowest BCUT2D eigenvalue weighted by molar-refractivity contribution is 0.0866. The van der Waals surface area contributed by atoms with Crippen LogP contribution in [0, 0.1) is 17.8 Å². The van der Waals surface area contributed by atoms with Gasteiger partial charge in [-0.25, -0.2) is 0 Å². The molecule has 3 aliphatic rings. The molecule has 1 N–H and O–H groups in total. The summed E-state index contributed by atoms with van der Waals surface area (Å²) in [7, 11) is 0. The fraction of sp³-hybridized carbons (Fsp3) is 1.00. The molecule has 21 heavy (non-hydrogen) atoms. The van der Waals surface area contributed by atoms with Crippen molar-refractivity contribution in [2.24, 2.45) is 17.8 Å². The van der Waals surface area contributed by atoms with Crippen LogP contribution in [0.5, 0.6) is 0 Å². The number of nitrogens with zero attached hydrogens (tertiary/aromatic N) is 1. The first-order valence-electron chi connectivity index (χ1n) is 9.73. The predicted molar refractivity (Wildman–Crippen MR) is 90.5 cm³/mol. The molecule has 0 aromatic heterocycles. The van der Waals surface area contributed by atoms with Crippen LogP contribution in [0.2, 0.25) is 0 Å². The number of hydrogen-bond donors (Lipinski definition) is 1. The molecule has 0 aromatic carbocycles. The second-order valence-corrected chi connectivity index (χ2v) is 8.18. The number of unbranched alkanes of at least 4 members (excludes halogenated alkanes) is 1. The molecule has 3 fully saturated rings. The Bertz CT molecular complexity index is 309. The van der Waals surface area contributed by atoms with Crippen LogP contribution in [0.15, 0.2) is 0 Å². The van der Waals surface area contributed by atoms with Gasteiger partial charge in [-0.1, -0.05) is 26.2 Å². The molecule has 122 valence electrons. The zero-order valence-corrected chi connectivity index (χ0v) is 14.3. The molecule has 0 aromatic rings. The second-order valence-electron chi connectivity index (χ2n) is 8.18. The molecule has 3 atom stereocenters. The van der Waals surface area contributed by atoms with Gasteiger partial charge in [0.2, 0.25) is 0 Å². The summed E-state index contributed by atoms with van der Waals surface area (Å²) < 4.78 is 0. The van der Waals surface area contributed by atoms with E-state index in [1.54, 1.807) is 0 Å². The first kappa shape index (κ1) is 15.8. The highest BCUT2D eigenvalue weighted by Gasteiger charge is 2.36. The highest BCUT2D eigenvalue weighted by molar-refractivity contribution is 4.92. The predicted octanol–water partition coefficient (Wildman–Crippen LogP) is 4.06. The molecule has 3 rings (SSSR count). The molecule has 0 bridgehead atoms. The molecule has 0 amide bonds. The van der Waals surface area contributed by atoms with Gasteiger partial charge in [0.25, 0.3) is 0 Å². The van der Waals surface area contributed by atoms with Crippen molar-refractivity contribution in [3.05, 3.63) is 0 Å². The first-order valence-corrected chi connectivity index (χ1v) is 9.73. The van der Waals surface area contributed by atoms with Crippen LogP contribution in [0.1, 0.15) is 71.6 Å². The maximum atomic E-state index is 3.93. The molecular weight excluding hydrogens is 256 g/mol. The van der Waals surface area contributed by atoms with Crippen molar-refractivity contribution in [1.82, 2.24) is 10.2 Å². The van der Waals surface area contributed by atoms with E-state index in [0.29, 0.717) is 0 Å². The standard InChI is InChI=1S/C19H36N2/c1-3-4-6-17-11-19(20-12-16-7-5-8-16)14-21(13-17)15(2)18-9-10-18/h15-20H,3-14H2,1-2H3. The second kappa shape index (κ2) is 7.46. The van der Waals surface area contributed by atoms with E-state index < -0.39 is 0 Å². The van der Waals surface area contributed by atoms with Gasteiger partial charge in [-0.05, 0) is 69.7 Å². The molecule has 2 saturated carbocycles. The SMILES string of the molecule is CCCCC1CC(NCC2CCC2)CN(C(C)C2CC2)C1. The van der Waals surface area contributed by atoms with Crippen LogP contribution < -0.4 is 5.32 Å². The fourth-order valence-corrected chi connectivity index (χ4v) is 4.33. The Balaban J connectivity index is 1.50. The first-order chi connectivity index (χ1) is 10.3. The van der Waals surface area contributed by atoms with Crippen LogP contribution in [0.25, 0.3) is 0 Å². The van der Waals surface area contributed by atoms with Crippen molar-refractivity contribution in [2.75, 3.05) is 19.6 Å². The van der Waals surface area contributed by atoms with Crippen LogP contribution in [-0.2, 0) is 0 Å². The largest absolute Gasteiger partial charge is 0.312 e. The van der Waals surface area contributed by atoms with Crippen molar-refractivity contribution < 1.29 is 0 Å². The number of hydrogen-bond acceptors (Lipinski definition) is 2. The Morgan fingerprint density at radius 2 is 1.90 bits per heavy atom. The normalized spacial score (nSPS) is 32.9. The Kier molecular flexibility index (Phi) is 5.61. The van der Waals surface area contributed by atoms with Gasteiger partial charge in [-0.2, -0.15) is 0 Å². The van der Waals surface area contributed by atoms with Crippen molar-refractivity contribution in [1.29, 1.82) is 0 Å². The zero-order chi connectivity index (χ0) is 14.7. The summed E-state index contributed by atoms with van der Waals surface area (Å²) in [5, 5.41) is 3.93. The minimum atomic E-state index is 0.766. The van der Waals surface area contributed by atoms with Gasteiger partial charge in [0, 0.05) is 25.2 Å². The molecule has 2 nitrogen and oxygen atoms in total. The summed E-state index contributed by atoms with van der Waals surface area (Å²) in [6, 6.07) is 1.60. The number of rotatable bonds is 8. The van der Waals surface area contributed by atoms with Crippen LogP contribution in [0.3, 0.4) is 0 Å². The summed E-state index contributed by atoms with van der Waals surface area (Å²) in [5.74, 6) is 2.95. The topological polar surface area (TPSA) is 15.3 Å². The molecule has 3 unspecified atom stereocenters. The van der Waals surface area contributed by atoms with Gasteiger partial charge < -0.3 is 5.32 Å². The van der Waals surface area contributed by atoms with E-state index in [1.165, 1.54) is 77.4 Å². The van der Waals surface area contributed by atoms with E-state index in [1.807, 2.05) is 0 Å². The van der Waals surface area contributed by atoms with Gasteiger partial charge in [0.1, 0.15) is 0 Å². The molecule has 2 heteroatoms. The Morgan fingerprint density at radius 1 is 1.10 bits per heavy atom. The highest BCUT2D eigenvalue weighted by Crippen LogP contribution is 2.37. The number of nitrogens with one attached hydrogen (secondary N) is 1. The summed E-state index contributed by atoms with van der Waals surface area (Å²) in [6.45, 7) is 8.80. The van der Waals surface area contributed by atoms with E-state index in [-0.39, 0.29) is 0 Å². The van der Waals surface area contributed by atoms with Gasteiger partial charge in [0.05, 0.1) is 0 Å². The Labute approximate surface area is 132 Å². The van der Waals surface area contributed by atoms with Gasteiger partial charge >= 0.3 is 0 Å². The number of piperidine rings is 1. The molecule has 0 radical (unpaired) electrons. The third-order valence-corrected chi connectivity index (χ3v) is 6.33.